The zero-order valence-electron chi connectivity index (χ0n) is 16.3. The van der Waals surface area contributed by atoms with Gasteiger partial charge in [0, 0.05) is 35.6 Å². The van der Waals surface area contributed by atoms with Crippen LogP contribution in [0.5, 0.6) is 0 Å². The number of hydrogen-bond acceptors (Lipinski definition) is 3. The predicted octanol–water partition coefficient (Wildman–Crippen LogP) is 3.67. The molecule has 0 amide bonds. The number of fused-ring (bicyclic) bond motifs is 1. The Kier molecular flexibility index (Phi) is 5.19. The maximum atomic E-state index is 13.1. The van der Waals surface area contributed by atoms with E-state index in [4.69, 9.17) is 0 Å². The number of rotatable bonds is 5. The second-order valence-electron chi connectivity index (χ2n) is 7.65. The maximum Gasteiger partial charge on any atom is 0.307 e. The van der Waals surface area contributed by atoms with Gasteiger partial charge in [-0.05, 0) is 43.5 Å². The Bertz CT molecular complexity index is 1150. The number of aryl methyl sites for hydroxylation is 1. The van der Waals surface area contributed by atoms with Crippen LogP contribution in [0.4, 0.5) is 0 Å². The number of nitrogens with one attached hydrogen (secondary N) is 1. The first kappa shape index (κ1) is 19.7. The Morgan fingerprint density at radius 1 is 1.17 bits per heavy atom. The predicted molar refractivity (Wildman–Crippen MR) is 112 cm³/mol. The number of H-pyrrole nitrogens is 1. The average molecular weight is 413 g/mol. The summed E-state index contributed by atoms with van der Waals surface area (Å²) in [6.45, 7) is 2.74. The van der Waals surface area contributed by atoms with Gasteiger partial charge in [0.1, 0.15) is 0 Å². The first-order valence-electron chi connectivity index (χ1n) is 9.74. The molecule has 6 nitrogen and oxygen atoms in total. The van der Waals surface area contributed by atoms with Gasteiger partial charge >= 0.3 is 5.97 Å². The molecule has 0 saturated carbocycles. The van der Waals surface area contributed by atoms with Crippen molar-refractivity contribution in [3.05, 3.63) is 65.4 Å². The summed E-state index contributed by atoms with van der Waals surface area (Å²) >= 11 is 0. The van der Waals surface area contributed by atoms with Gasteiger partial charge < -0.3 is 10.1 Å². The van der Waals surface area contributed by atoms with Crippen LogP contribution in [0.3, 0.4) is 0 Å². The lowest BCUT2D eigenvalue weighted by molar-refractivity contribution is -0.136. The summed E-state index contributed by atoms with van der Waals surface area (Å²) in [5, 5.41) is 10.3. The van der Waals surface area contributed by atoms with E-state index in [2.05, 4.69) is 4.98 Å². The van der Waals surface area contributed by atoms with Gasteiger partial charge in [-0.15, -0.1) is 0 Å². The molecule has 1 aromatic heterocycles. The van der Waals surface area contributed by atoms with Crippen LogP contribution in [-0.2, 0) is 21.2 Å². The van der Waals surface area contributed by atoms with Gasteiger partial charge in [0.05, 0.1) is 11.3 Å². The SMILES string of the molecule is Cc1ccc(S(=O)(=O)N2CCCC(c3[nH]c4ccccc4c3CC(=O)O)C2)cc1. The molecule has 3 aromatic rings. The van der Waals surface area contributed by atoms with Gasteiger partial charge in [0.2, 0.25) is 10.0 Å². The Labute approximate surface area is 170 Å². The van der Waals surface area contributed by atoms with Crippen LogP contribution in [0.2, 0.25) is 0 Å². The fraction of sp³-hybridized carbons (Fsp3) is 0.318. The van der Waals surface area contributed by atoms with Gasteiger partial charge in [-0.25, -0.2) is 8.42 Å². The minimum atomic E-state index is -3.58. The van der Waals surface area contributed by atoms with E-state index in [-0.39, 0.29) is 12.3 Å². The zero-order chi connectivity index (χ0) is 20.6. The van der Waals surface area contributed by atoms with Crippen LogP contribution >= 0.6 is 0 Å². The van der Waals surface area contributed by atoms with Crippen molar-refractivity contribution in [3.63, 3.8) is 0 Å². The third-order valence-corrected chi connectivity index (χ3v) is 7.51. The first-order chi connectivity index (χ1) is 13.9. The van der Waals surface area contributed by atoms with E-state index in [0.717, 1.165) is 40.6 Å². The Morgan fingerprint density at radius 3 is 2.62 bits per heavy atom. The number of carbonyl (C=O) groups is 1. The van der Waals surface area contributed by atoms with Gasteiger partial charge in [0.15, 0.2) is 0 Å². The van der Waals surface area contributed by atoms with Gasteiger partial charge in [0.25, 0.3) is 0 Å². The highest BCUT2D eigenvalue weighted by Crippen LogP contribution is 2.35. The monoisotopic (exact) mass is 412 g/mol. The lowest BCUT2D eigenvalue weighted by atomic mass is 9.92. The third kappa shape index (κ3) is 3.80. The molecule has 0 spiro atoms. The largest absolute Gasteiger partial charge is 0.481 e. The molecule has 1 atom stereocenters. The second-order valence-corrected chi connectivity index (χ2v) is 9.59. The molecule has 0 radical (unpaired) electrons. The van der Waals surface area contributed by atoms with Gasteiger partial charge in [-0.2, -0.15) is 4.31 Å². The Hall–Kier alpha value is -2.64. The number of piperidine rings is 1. The zero-order valence-corrected chi connectivity index (χ0v) is 17.1. The third-order valence-electron chi connectivity index (χ3n) is 5.63. The number of sulfonamides is 1. The summed E-state index contributed by atoms with van der Waals surface area (Å²) < 4.78 is 27.8. The lowest BCUT2D eigenvalue weighted by Crippen LogP contribution is -2.39. The molecule has 1 fully saturated rings. The molecule has 1 aliphatic rings. The van der Waals surface area contributed by atoms with Crippen molar-refractivity contribution in [2.45, 2.75) is 37.0 Å². The first-order valence-corrected chi connectivity index (χ1v) is 11.2. The number of carboxylic acid groups (broad SMARTS) is 1. The highest BCUT2D eigenvalue weighted by molar-refractivity contribution is 7.89. The summed E-state index contributed by atoms with van der Waals surface area (Å²) in [6, 6.07) is 14.5. The molecule has 4 rings (SSSR count). The van der Waals surface area contributed by atoms with Crippen molar-refractivity contribution in [3.8, 4) is 0 Å². The Morgan fingerprint density at radius 2 is 1.90 bits per heavy atom. The van der Waals surface area contributed by atoms with Crippen LogP contribution in [0, 0.1) is 6.92 Å². The molecule has 1 aliphatic heterocycles. The van der Waals surface area contributed by atoms with Crippen molar-refractivity contribution < 1.29 is 18.3 Å². The number of aromatic nitrogens is 1. The normalized spacial score (nSPS) is 18.2. The number of benzene rings is 2. The van der Waals surface area contributed by atoms with Crippen LogP contribution in [0.15, 0.2) is 53.4 Å². The quantitative estimate of drug-likeness (QED) is 0.669. The molecule has 1 unspecified atom stereocenters. The van der Waals surface area contributed by atoms with Gasteiger partial charge in [-0.3, -0.25) is 4.79 Å². The van der Waals surface area contributed by atoms with Crippen molar-refractivity contribution in [2.75, 3.05) is 13.1 Å². The summed E-state index contributed by atoms with van der Waals surface area (Å²) in [7, 11) is -3.58. The van der Waals surface area contributed by atoms with E-state index in [0.29, 0.717) is 18.0 Å². The average Bonchev–Trinajstić information content (AvgIpc) is 3.06. The minimum Gasteiger partial charge on any atom is -0.481 e. The van der Waals surface area contributed by atoms with E-state index in [1.54, 1.807) is 24.3 Å². The molecule has 29 heavy (non-hydrogen) atoms. The van der Waals surface area contributed by atoms with Crippen molar-refractivity contribution in [1.82, 2.24) is 9.29 Å². The van der Waals surface area contributed by atoms with E-state index in [9.17, 15) is 18.3 Å². The molecule has 7 heteroatoms. The van der Waals surface area contributed by atoms with Crippen molar-refractivity contribution in [1.29, 1.82) is 0 Å². The minimum absolute atomic E-state index is 0.0641. The molecule has 2 heterocycles. The fourth-order valence-electron chi connectivity index (χ4n) is 4.17. The van der Waals surface area contributed by atoms with Crippen LogP contribution in [0.25, 0.3) is 10.9 Å². The highest BCUT2D eigenvalue weighted by Gasteiger charge is 2.33. The molecule has 0 aliphatic carbocycles. The molecule has 152 valence electrons. The molecule has 0 bridgehead atoms. The summed E-state index contributed by atoms with van der Waals surface area (Å²) in [5.74, 6) is -0.957. The van der Waals surface area contributed by atoms with Crippen LogP contribution in [0.1, 0.15) is 35.6 Å². The highest BCUT2D eigenvalue weighted by atomic mass is 32.2. The Balaban J connectivity index is 1.68. The van der Waals surface area contributed by atoms with E-state index < -0.39 is 16.0 Å². The smallest absolute Gasteiger partial charge is 0.307 e. The topological polar surface area (TPSA) is 90.5 Å². The standard InChI is InChI=1S/C22H24N2O4S/c1-15-8-10-17(11-9-15)29(27,28)24-12-4-5-16(14-24)22-19(13-21(25)26)18-6-2-3-7-20(18)23-22/h2-3,6-11,16,23H,4-5,12-14H2,1H3,(H,25,26). The summed E-state index contributed by atoms with van der Waals surface area (Å²) in [5.41, 5.74) is 3.50. The van der Waals surface area contributed by atoms with Gasteiger partial charge in [-0.1, -0.05) is 35.9 Å². The summed E-state index contributed by atoms with van der Waals surface area (Å²) in [4.78, 5) is 15.1. The number of para-hydroxylation sites is 1. The number of aliphatic carboxylic acids is 1. The molecule has 2 N–H and O–H groups in total. The second kappa shape index (κ2) is 7.65. The summed E-state index contributed by atoms with van der Waals surface area (Å²) in [6.07, 6.45) is 1.47. The maximum absolute atomic E-state index is 13.1. The number of aromatic amines is 1. The number of nitrogens with zero attached hydrogens (tertiary/aromatic N) is 1. The van der Waals surface area contributed by atoms with Crippen molar-refractivity contribution >= 4 is 26.9 Å². The van der Waals surface area contributed by atoms with Crippen molar-refractivity contribution in [2.24, 2.45) is 0 Å². The molecular formula is C22H24N2O4S. The molecular weight excluding hydrogens is 388 g/mol. The van der Waals surface area contributed by atoms with E-state index in [1.807, 2.05) is 31.2 Å². The lowest BCUT2D eigenvalue weighted by Gasteiger charge is -2.32. The number of carboxylic acids is 1. The number of hydrogen-bond donors (Lipinski definition) is 2. The molecule has 1 saturated heterocycles. The van der Waals surface area contributed by atoms with E-state index in [1.165, 1.54) is 4.31 Å². The van der Waals surface area contributed by atoms with Crippen LogP contribution < -0.4 is 0 Å². The van der Waals surface area contributed by atoms with Crippen LogP contribution in [-0.4, -0.2) is 41.9 Å². The molecule has 2 aromatic carbocycles. The fourth-order valence-corrected chi connectivity index (χ4v) is 5.69. The van der Waals surface area contributed by atoms with E-state index >= 15 is 0 Å².